The van der Waals surface area contributed by atoms with Gasteiger partial charge in [0.1, 0.15) is 5.75 Å². The first kappa shape index (κ1) is 15.0. The summed E-state index contributed by atoms with van der Waals surface area (Å²) >= 11 is 3.41. The molecule has 0 aliphatic carbocycles. The van der Waals surface area contributed by atoms with Gasteiger partial charge in [-0.15, -0.1) is 0 Å². The molecule has 0 spiro atoms. The van der Waals surface area contributed by atoms with E-state index in [0.717, 1.165) is 17.7 Å². The van der Waals surface area contributed by atoms with E-state index in [9.17, 15) is 4.79 Å². The molecular formula is C14H20BrNO2. The van der Waals surface area contributed by atoms with Crippen molar-refractivity contribution >= 4 is 21.8 Å². The van der Waals surface area contributed by atoms with Gasteiger partial charge in [0.05, 0.1) is 11.9 Å². The molecule has 4 heteroatoms. The summed E-state index contributed by atoms with van der Waals surface area (Å²) in [6.07, 6.45) is 0.804. The van der Waals surface area contributed by atoms with Crippen LogP contribution in [0.1, 0.15) is 25.8 Å². The van der Waals surface area contributed by atoms with Crippen molar-refractivity contribution in [3.8, 4) is 5.75 Å². The maximum absolute atomic E-state index is 12.1. The summed E-state index contributed by atoms with van der Waals surface area (Å²) in [5.41, 5.74) is 1.11. The Hall–Kier alpha value is -1.03. The minimum Gasteiger partial charge on any atom is -0.497 e. The highest BCUT2D eigenvalue weighted by molar-refractivity contribution is 9.10. The van der Waals surface area contributed by atoms with Crippen molar-refractivity contribution in [1.82, 2.24) is 4.90 Å². The van der Waals surface area contributed by atoms with E-state index in [4.69, 9.17) is 4.74 Å². The molecule has 100 valence electrons. The molecule has 0 heterocycles. The minimum absolute atomic E-state index is 0.0873. The van der Waals surface area contributed by atoms with Crippen molar-refractivity contribution in [2.24, 2.45) is 0 Å². The predicted molar refractivity (Wildman–Crippen MR) is 77.1 cm³/mol. The number of carbonyl (C=O) groups is 1. The van der Waals surface area contributed by atoms with E-state index in [2.05, 4.69) is 15.9 Å². The van der Waals surface area contributed by atoms with Gasteiger partial charge in [-0.1, -0.05) is 35.0 Å². The zero-order valence-electron chi connectivity index (χ0n) is 11.1. The first-order chi connectivity index (χ1) is 8.62. The fourth-order valence-corrected chi connectivity index (χ4v) is 1.96. The van der Waals surface area contributed by atoms with Crippen LogP contribution in [0.2, 0.25) is 0 Å². The first-order valence-electron chi connectivity index (χ1n) is 6.18. The number of carbonyl (C=O) groups excluding carboxylic acids is 1. The fourth-order valence-electron chi connectivity index (χ4n) is 1.67. The van der Waals surface area contributed by atoms with Crippen molar-refractivity contribution < 1.29 is 9.53 Å². The van der Waals surface area contributed by atoms with Gasteiger partial charge in [0.15, 0.2) is 0 Å². The van der Waals surface area contributed by atoms with Gasteiger partial charge in [-0.05, 0) is 31.0 Å². The van der Waals surface area contributed by atoms with Crippen molar-refractivity contribution in [3.63, 3.8) is 0 Å². The zero-order chi connectivity index (χ0) is 13.5. The van der Waals surface area contributed by atoms with Crippen LogP contribution in [0.4, 0.5) is 0 Å². The van der Waals surface area contributed by atoms with Crippen LogP contribution in [0.3, 0.4) is 0 Å². The average Bonchev–Trinajstić information content (AvgIpc) is 2.43. The maximum Gasteiger partial charge on any atom is 0.236 e. The molecule has 1 atom stereocenters. The summed E-state index contributed by atoms with van der Waals surface area (Å²) in [4.78, 5) is 13.9. The number of halogens is 1. The molecule has 1 unspecified atom stereocenters. The van der Waals surface area contributed by atoms with Crippen LogP contribution >= 0.6 is 15.9 Å². The second kappa shape index (κ2) is 7.41. The Morgan fingerprint density at radius 3 is 2.39 bits per heavy atom. The minimum atomic E-state index is -0.0873. The lowest BCUT2D eigenvalue weighted by Gasteiger charge is -2.23. The van der Waals surface area contributed by atoms with E-state index in [1.54, 1.807) is 7.11 Å². The lowest BCUT2D eigenvalue weighted by atomic mass is 10.2. The van der Waals surface area contributed by atoms with Crippen molar-refractivity contribution in [3.05, 3.63) is 29.8 Å². The Balaban J connectivity index is 2.70. The highest BCUT2D eigenvalue weighted by Gasteiger charge is 2.19. The Bertz CT molecular complexity index is 378. The highest BCUT2D eigenvalue weighted by atomic mass is 79.9. The number of benzene rings is 1. The quantitative estimate of drug-likeness (QED) is 0.755. The predicted octanol–water partition coefficient (Wildman–Crippen LogP) is 3.22. The number of methoxy groups -OCH3 is 1. The summed E-state index contributed by atoms with van der Waals surface area (Å²) in [6, 6.07) is 7.81. The van der Waals surface area contributed by atoms with Crippen LogP contribution in [0.5, 0.6) is 5.75 Å². The number of hydrogen-bond acceptors (Lipinski definition) is 2. The number of hydrogen-bond donors (Lipinski definition) is 0. The molecule has 1 amide bonds. The summed E-state index contributed by atoms with van der Waals surface area (Å²) in [5, 5.41) is 0. The number of rotatable bonds is 6. The van der Waals surface area contributed by atoms with Crippen LogP contribution in [-0.4, -0.2) is 29.3 Å². The van der Waals surface area contributed by atoms with Crippen LogP contribution in [0.15, 0.2) is 24.3 Å². The normalized spacial score (nSPS) is 12.0. The molecule has 0 radical (unpaired) electrons. The molecule has 18 heavy (non-hydrogen) atoms. The van der Waals surface area contributed by atoms with Gasteiger partial charge in [-0.3, -0.25) is 4.79 Å². The molecule has 0 saturated heterocycles. The molecule has 0 aliphatic rings. The van der Waals surface area contributed by atoms with E-state index in [1.165, 1.54) is 0 Å². The molecule has 1 aromatic rings. The molecule has 3 nitrogen and oxygen atoms in total. The largest absolute Gasteiger partial charge is 0.497 e. The van der Waals surface area contributed by atoms with Crippen LogP contribution in [0, 0.1) is 0 Å². The highest BCUT2D eigenvalue weighted by Crippen LogP contribution is 2.15. The van der Waals surface area contributed by atoms with Gasteiger partial charge in [0, 0.05) is 13.1 Å². The van der Waals surface area contributed by atoms with Gasteiger partial charge < -0.3 is 9.64 Å². The van der Waals surface area contributed by atoms with Crippen molar-refractivity contribution in [2.75, 3.05) is 13.7 Å². The fraction of sp³-hybridized carbons (Fsp3) is 0.500. The second-order valence-corrected chi connectivity index (χ2v) is 5.18. The number of ether oxygens (including phenoxy) is 1. The molecule has 1 rings (SSSR count). The molecule has 0 saturated carbocycles. The van der Waals surface area contributed by atoms with Gasteiger partial charge in [-0.25, -0.2) is 0 Å². The van der Waals surface area contributed by atoms with Gasteiger partial charge in [-0.2, -0.15) is 0 Å². The van der Waals surface area contributed by atoms with Crippen LogP contribution in [0.25, 0.3) is 0 Å². The summed E-state index contributed by atoms with van der Waals surface area (Å²) < 4.78 is 5.12. The molecule has 0 bridgehead atoms. The zero-order valence-corrected chi connectivity index (χ0v) is 12.7. The number of nitrogens with zero attached hydrogens (tertiary/aromatic N) is 1. The molecule has 0 aromatic heterocycles. The third-order valence-electron chi connectivity index (χ3n) is 2.85. The molecular weight excluding hydrogens is 294 g/mol. The van der Waals surface area contributed by atoms with E-state index >= 15 is 0 Å². The van der Waals surface area contributed by atoms with Gasteiger partial charge in [0.2, 0.25) is 5.91 Å². The molecule has 1 aromatic carbocycles. The lowest BCUT2D eigenvalue weighted by Crippen LogP contribution is -2.35. The first-order valence-corrected chi connectivity index (χ1v) is 7.09. The third kappa shape index (κ3) is 4.02. The summed E-state index contributed by atoms with van der Waals surface area (Å²) in [7, 11) is 1.65. The Morgan fingerprint density at radius 2 is 1.94 bits per heavy atom. The second-order valence-electron chi connectivity index (χ2n) is 4.08. The SMILES string of the molecule is CCC(Br)C(=O)N(CC)Cc1ccc(OC)cc1. The van der Waals surface area contributed by atoms with Crippen molar-refractivity contribution in [2.45, 2.75) is 31.6 Å². The number of alkyl halides is 1. The van der Waals surface area contributed by atoms with E-state index < -0.39 is 0 Å². The van der Waals surface area contributed by atoms with E-state index in [1.807, 2.05) is 43.0 Å². The third-order valence-corrected chi connectivity index (χ3v) is 3.89. The topological polar surface area (TPSA) is 29.5 Å². The van der Waals surface area contributed by atoms with E-state index in [-0.39, 0.29) is 10.7 Å². The summed E-state index contributed by atoms with van der Waals surface area (Å²) in [6.45, 7) is 5.35. The monoisotopic (exact) mass is 313 g/mol. The summed E-state index contributed by atoms with van der Waals surface area (Å²) in [5.74, 6) is 0.982. The molecule has 0 aliphatic heterocycles. The number of amides is 1. The van der Waals surface area contributed by atoms with Gasteiger partial charge in [0.25, 0.3) is 0 Å². The maximum atomic E-state index is 12.1. The van der Waals surface area contributed by atoms with Crippen molar-refractivity contribution in [1.29, 1.82) is 0 Å². The van der Waals surface area contributed by atoms with Crippen LogP contribution in [-0.2, 0) is 11.3 Å². The van der Waals surface area contributed by atoms with E-state index in [0.29, 0.717) is 13.1 Å². The molecule has 0 fully saturated rings. The molecule has 0 N–H and O–H groups in total. The Labute approximate surface area is 117 Å². The van der Waals surface area contributed by atoms with Crippen LogP contribution < -0.4 is 4.74 Å². The Morgan fingerprint density at radius 1 is 1.33 bits per heavy atom. The standard InChI is InChI=1S/C14H20BrNO2/c1-4-13(15)14(17)16(5-2)10-11-6-8-12(18-3)9-7-11/h6-9,13H,4-5,10H2,1-3H3. The Kier molecular flexibility index (Phi) is 6.19. The smallest absolute Gasteiger partial charge is 0.236 e. The lowest BCUT2D eigenvalue weighted by molar-refractivity contribution is -0.130. The van der Waals surface area contributed by atoms with Gasteiger partial charge >= 0.3 is 0 Å². The average molecular weight is 314 g/mol.